The maximum atomic E-state index is 11.5. The third kappa shape index (κ3) is 2.37. The van der Waals surface area contributed by atoms with Gasteiger partial charge in [-0.3, -0.25) is 4.79 Å². The van der Waals surface area contributed by atoms with Gasteiger partial charge in [-0.05, 0) is 42.0 Å². The van der Waals surface area contributed by atoms with Crippen LogP contribution in [0.2, 0.25) is 0 Å². The Morgan fingerprint density at radius 1 is 1.18 bits per heavy atom. The first kappa shape index (κ1) is 11.4. The van der Waals surface area contributed by atoms with E-state index in [1.807, 2.05) is 24.3 Å². The van der Waals surface area contributed by atoms with Gasteiger partial charge in [0.25, 0.3) is 5.56 Å². The summed E-state index contributed by atoms with van der Waals surface area (Å²) in [4.78, 5) is 14.3. The summed E-state index contributed by atoms with van der Waals surface area (Å²) in [5.41, 5.74) is 1.71. The number of pyridine rings is 1. The van der Waals surface area contributed by atoms with Crippen LogP contribution in [0.1, 0.15) is 5.56 Å². The molecule has 0 aliphatic rings. The number of ether oxygens (including phenoxy) is 1. The highest BCUT2D eigenvalue weighted by molar-refractivity contribution is 5.60. The molecule has 2 rings (SSSR count). The Hall–Kier alpha value is -2.07. The van der Waals surface area contributed by atoms with E-state index in [9.17, 15) is 4.79 Å². The van der Waals surface area contributed by atoms with Gasteiger partial charge in [-0.2, -0.15) is 0 Å². The van der Waals surface area contributed by atoms with E-state index in [2.05, 4.69) is 4.98 Å². The quantitative estimate of drug-likeness (QED) is 0.842. The minimum Gasteiger partial charge on any atom is -0.497 e. The molecular weight excluding hydrogens is 218 g/mol. The van der Waals surface area contributed by atoms with Crippen LogP contribution in [-0.4, -0.2) is 17.2 Å². The highest BCUT2D eigenvalue weighted by Gasteiger charge is 2.02. The summed E-state index contributed by atoms with van der Waals surface area (Å²) < 4.78 is 5.06. The average Bonchev–Trinajstić information content (AvgIpc) is 2.39. The Morgan fingerprint density at radius 2 is 1.88 bits per heavy atom. The van der Waals surface area contributed by atoms with Crippen LogP contribution in [-0.2, 0) is 6.61 Å². The lowest BCUT2D eigenvalue weighted by atomic mass is 10.1. The molecular formula is C13H13NO3. The minimum absolute atomic E-state index is 0.252. The second-order valence-electron chi connectivity index (χ2n) is 3.61. The summed E-state index contributed by atoms with van der Waals surface area (Å²) in [6.45, 7) is -0.252. The van der Waals surface area contributed by atoms with E-state index < -0.39 is 0 Å². The first-order chi connectivity index (χ1) is 8.24. The molecule has 0 radical (unpaired) electrons. The van der Waals surface area contributed by atoms with Crippen LogP contribution in [0.25, 0.3) is 11.3 Å². The lowest BCUT2D eigenvalue weighted by Crippen LogP contribution is -2.12. The molecule has 0 aliphatic carbocycles. The van der Waals surface area contributed by atoms with Gasteiger partial charge in [0.05, 0.1) is 13.7 Å². The van der Waals surface area contributed by atoms with Crippen molar-refractivity contribution in [2.24, 2.45) is 0 Å². The van der Waals surface area contributed by atoms with Crippen LogP contribution >= 0.6 is 0 Å². The van der Waals surface area contributed by atoms with Crippen molar-refractivity contribution in [2.75, 3.05) is 7.11 Å². The first-order valence-electron chi connectivity index (χ1n) is 5.22. The number of methoxy groups -OCH3 is 1. The molecule has 17 heavy (non-hydrogen) atoms. The normalized spacial score (nSPS) is 10.2. The SMILES string of the molecule is COc1ccc(-c2ccc(CO)c(=O)[nH]2)cc1. The molecule has 0 saturated heterocycles. The molecule has 0 bridgehead atoms. The molecule has 0 atom stereocenters. The highest BCUT2D eigenvalue weighted by Crippen LogP contribution is 2.19. The predicted octanol–water partition coefficient (Wildman–Crippen LogP) is 1.54. The molecule has 4 nitrogen and oxygen atoms in total. The van der Waals surface area contributed by atoms with Gasteiger partial charge in [0.1, 0.15) is 5.75 Å². The summed E-state index contributed by atoms with van der Waals surface area (Å²) in [6, 6.07) is 10.8. The fourth-order valence-electron chi connectivity index (χ4n) is 1.57. The molecule has 0 amide bonds. The number of H-pyrrole nitrogens is 1. The Bertz CT molecular complexity index is 558. The van der Waals surface area contributed by atoms with Crippen molar-refractivity contribution in [1.29, 1.82) is 0 Å². The molecule has 2 N–H and O–H groups in total. The molecule has 1 heterocycles. The summed E-state index contributed by atoms with van der Waals surface area (Å²) in [5.74, 6) is 0.767. The van der Waals surface area contributed by atoms with Gasteiger partial charge in [-0.15, -0.1) is 0 Å². The maximum Gasteiger partial charge on any atom is 0.253 e. The zero-order valence-corrected chi connectivity index (χ0v) is 9.43. The molecule has 0 unspecified atom stereocenters. The summed E-state index contributed by atoms with van der Waals surface area (Å²) in [5, 5.41) is 8.91. The number of hydrogen-bond acceptors (Lipinski definition) is 3. The lowest BCUT2D eigenvalue weighted by Gasteiger charge is -2.04. The minimum atomic E-state index is -0.263. The van der Waals surface area contributed by atoms with Crippen LogP contribution in [0.3, 0.4) is 0 Å². The number of aromatic nitrogens is 1. The van der Waals surface area contributed by atoms with Crippen molar-refractivity contribution >= 4 is 0 Å². The molecule has 88 valence electrons. The van der Waals surface area contributed by atoms with E-state index in [1.54, 1.807) is 19.2 Å². The fraction of sp³-hybridized carbons (Fsp3) is 0.154. The Kier molecular flexibility index (Phi) is 3.25. The zero-order chi connectivity index (χ0) is 12.3. The van der Waals surface area contributed by atoms with E-state index in [-0.39, 0.29) is 12.2 Å². The summed E-state index contributed by atoms with van der Waals surface area (Å²) in [6.07, 6.45) is 0. The molecule has 4 heteroatoms. The number of rotatable bonds is 3. The largest absolute Gasteiger partial charge is 0.497 e. The van der Waals surface area contributed by atoms with E-state index in [0.717, 1.165) is 17.0 Å². The summed E-state index contributed by atoms with van der Waals surface area (Å²) >= 11 is 0. The Balaban J connectivity index is 2.39. The number of nitrogens with one attached hydrogen (secondary N) is 1. The summed E-state index contributed by atoms with van der Waals surface area (Å²) in [7, 11) is 1.60. The van der Waals surface area contributed by atoms with Crippen LogP contribution in [0, 0.1) is 0 Å². The van der Waals surface area contributed by atoms with Gasteiger partial charge in [0, 0.05) is 11.3 Å². The zero-order valence-electron chi connectivity index (χ0n) is 9.43. The molecule has 2 aromatic rings. The van der Waals surface area contributed by atoms with Crippen molar-refractivity contribution in [1.82, 2.24) is 4.98 Å². The second-order valence-corrected chi connectivity index (χ2v) is 3.61. The van der Waals surface area contributed by atoms with Gasteiger partial charge in [-0.1, -0.05) is 0 Å². The van der Waals surface area contributed by atoms with E-state index >= 15 is 0 Å². The number of benzene rings is 1. The second kappa shape index (κ2) is 4.84. The molecule has 1 aromatic carbocycles. The van der Waals surface area contributed by atoms with Gasteiger partial charge < -0.3 is 14.8 Å². The van der Waals surface area contributed by atoms with E-state index in [1.165, 1.54) is 0 Å². The fourth-order valence-corrected chi connectivity index (χ4v) is 1.57. The van der Waals surface area contributed by atoms with Gasteiger partial charge in [0.15, 0.2) is 0 Å². The van der Waals surface area contributed by atoms with Crippen LogP contribution in [0.5, 0.6) is 5.75 Å². The van der Waals surface area contributed by atoms with Gasteiger partial charge in [0.2, 0.25) is 0 Å². The standard InChI is InChI=1S/C13H13NO3/c1-17-11-5-2-9(3-6-11)12-7-4-10(8-15)13(16)14-12/h2-7,15H,8H2,1H3,(H,14,16). The van der Waals surface area contributed by atoms with Crippen molar-refractivity contribution < 1.29 is 9.84 Å². The maximum absolute atomic E-state index is 11.5. The van der Waals surface area contributed by atoms with E-state index in [4.69, 9.17) is 9.84 Å². The molecule has 1 aromatic heterocycles. The molecule has 0 aliphatic heterocycles. The first-order valence-corrected chi connectivity index (χ1v) is 5.22. The van der Waals surface area contributed by atoms with Gasteiger partial charge in [-0.25, -0.2) is 0 Å². The van der Waals surface area contributed by atoms with Crippen molar-refractivity contribution in [3.8, 4) is 17.0 Å². The van der Waals surface area contributed by atoms with Gasteiger partial charge >= 0.3 is 0 Å². The third-order valence-electron chi connectivity index (χ3n) is 2.56. The average molecular weight is 231 g/mol. The molecule has 0 fully saturated rings. The molecule has 0 saturated carbocycles. The monoisotopic (exact) mass is 231 g/mol. The van der Waals surface area contributed by atoms with Crippen molar-refractivity contribution in [3.05, 3.63) is 52.3 Å². The number of aliphatic hydroxyl groups is 1. The smallest absolute Gasteiger partial charge is 0.253 e. The Labute approximate surface area is 98.5 Å². The van der Waals surface area contributed by atoms with Crippen molar-refractivity contribution in [2.45, 2.75) is 6.61 Å². The predicted molar refractivity (Wildman–Crippen MR) is 65.0 cm³/mol. The number of hydrogen-bond donors (Lipinski definition) is 2. The lowest BCUT2D eigenvalue weighted by molar-refractivity contribution is 0.280. The highest BCUT2D eigenvalue weighted by atomic mass is 16.5. The van der Waals surface area contributed by atoms with Crippen LogP contribution in [0.15, 0.2) is 41.2 Å². The van der Waals surface area contributed by atoms with Crippen molar-refractivity contribution in [3.63, 3.8) is 0 Å². The Morgan fingerprint density at radius 3 is 2.41 bits per heavy atom. The van der Waals surface area contributed by atoms with Crippen LogP contribution in [0.4, 0.5) is 0 Å². The van der Waals surface area contributed by atoms with E-state index in [0.29, 0.717) is 5.56 Å². The third-order valence-corrected chi connectivity index (χ3v) is 2.56. The topological polar surface area (TPSA) is 62.3 Å². The van der Waals surface area contributed by atoms with Crippen LogP contribution < -0.4 is 10.3 Å². The number of aliphatic hydroxyl groups excluding tert-OH is 1. The molecule has 0 spiro atoms. The number of aromatic amines is 1.